The molecule has 25 heavy (non-hydrogen) atoms. The second kappa shape index (κ2) is 6.45. The van der Waals surface area contributed by atoms with Gasteiger partial charge in [-0.2, -0.15) is 26.3 Å². The summed E-state index contributed by atoms with van der Waals surface area (Å²) in [5.41, 5.74) is -5.86. The van der Waals surface area contributed by atoms with Gasteiger partial charge in [-0.25, -0.2) is 4.21 Å². The molecule has 0 radical (unpaired) electrons. The molecule has 0 aromatic heterocycles. The highest BCUT2D eigenvalue weighted by Crippen LogP contribution is 2.51. The lowest BCUT2D eigenvalue weighted by Crippen LogP contribution is -2.54. The first-order valence-electron chi connectivity index (χ1n) is 6.83. The maximum Gasteiger partial charge on any atom is 0.430 e. The molecule has 0 aliphatic carbocycles. The molecule has 0 amide bonds. The number of aryl methyl sites for hydroxylation is 1. The first kappa shape index (κ1) is 19.5. The fourth-order valence-electron chi connectivity index (χ4n) is 2.18. The van der Waals surface area contributed by atoms with Gasteiger partial charge in [0.25, 0.3) is 5.60 Å². The van der Waals surface area contributed by atoms with E-state index >= 15 is 0 Å². The summed E-state index contributed by atoms with van der Waals surface area (Å²) in [7, 11) is -2.34. The summed E-state index contributed by atoms with van der Waals surface area (Å²) < 4.78 is 91.2. The Hall–Kier alpha value is -1.87. The van der Waals surface area contributed by atoms with Crippen molar-refractivity contribution >= 4 is 10.8 Å². The topological polar surface area (TPSA) is 37.3 Å². The van der Waals surface area contributed by atoms with E-state index in [0.29, 0.717) is 6.07 Å². The van der Waals surface area contributed by atoms with Gasteiger partial charge in [-0.1, -0.05) is 35.9 Å². The minimum atomic E-state index is -6.04. The van der Waals surface area contributed by atoms with E-state index in [4.69, 9.17) is 0 Å². The van der Waals surface area contributed by atoms with E-state index in [1.54, 1.807) is 6.92 Å². The van der Waals surface area contributed by atoms with Gasteiger partial charge >= 0.3 is 12.4 Å². The van der Waals surface area contributed by atoms with E-state index < -0.39 is 39.2 Å². The smallest absolute Gasteiger partial charge is 0.369 e. The van der Waals surface area contributed by atoms with Crippen molar-refractivity contribution in [2.45, 2.75) is 34.7 Å². The van der Waals surface area contributed by atoms with Gasteiger partial charge in [0.15, 0.2) is 0 Å². The molecule has 136 valence electrons. The summed E-state index contributed by atoms with van der Waals surface area (Å²) in [5.74, 6) is 0. The first-order chi connectivity index (χ1) is 11.4. The number of halogens is 6. The monoisotopic (exact) mass is 382 g/mol. The highest BCUT2D eigenvalue weighted by atomic mass is 32.2. The van der Waals surface area contributed by atoms with Crippen LogP contribution in [0.4, 0.5) is 26.3 Å². The maximum atomic E-state index is 13.1. The quantitative estimate of drug-likeness (QED) is 0.796. The molecule has 1 atom stereocenters. The van der Waals surface area contributed by atoms with E-state index in [1.807, 2.05) is 0 Å². The second-order valence-electron chi connectivity index (χ2n) is 5.28. The predicted molar refractivity (Wildman–Crippen MR) is 78.3 cm³/mol. The SMILES string of the molecule is Cc1ccc([S@](=O)c2ccccc2C(O)(C(F)(F)F)C(F)(F)F)cc1. The van der Waals surface area contributed by atoms with Crippen molar-refractivity contribution in [2.75, 3.05) is 0 Å². The molecule has 0 aliphatic rings. The lowest BCUT2D eigenvalue weighted by atomic mass is 9.92. The highest BCUT2D eigenvalue weighted by molar-refractivity contribution is 7.85. The summed E-state index contributed by atoms with van der Waals surface area (Å²) >= 11 is 0. The number of hydrogen-bond acceptors (Lipinski definition) is 2. The largest absolute Gasteiger partial charge is 0.430 e. The summed E-state index contributed by atoms with van der Waals surface area (Å²) in [6, 6.07) is 9.12. The molecule has 9 heteroatoms. The normalized spacial score (nSPS) is 14.4. The van der Waals surface area contributed by atoms with Gasteiger partial charge in [0.1, 0.15) is 0 Å². The predicted octanol–water partition coefficient (Wildman–Crippen LogP) is 4.47. The zero-order valence-electron chi connectivity index (χ0n) is 12.7. The molecule has 0 bridgehead atoms. The molecule has 2 aromatic carbocycles. The molecule has 0 heterocycles. The zero-order chi connectivity index (χ0) is 19.0. The van der Waals surface area contributed by atoms with E-state index in [2.05, 4.69) is 0 Å². The summed E-state index contributed by atoms with van der Waals surface area (Å²) in [5, 5.41) is 9.59. The van der Waals surface area contributed by atoms with E-state index in [0.717, 1.165) is 23.8 Å². The second-order valence-corrected chi connectivity index (χ2v) is 6.73. The number of hydrogen-bond donors (Lipinski definition) is 1. The van der Waals surface area contributed by atoms with Crippen molar-refractivity contribution < 1.29 is 35.7 Å². The molecular formula is C16H12F6O2S. The average molecular weight is 382 g/mol. The highest BCUT2D eigenvalue weighted by Gasteiger charge is 2.72. The maximum absolute atomic E-state index is 13.1. The van der Waals surface area contributed by atoms with Gasteiger partial charge < -0.3 is 5.11 Å². The Morgan fingerprint density at radius 3 is 1.80 bits per heavy atom. The molecular weight excluding hydrogens is 370 g/mol. The Kier molecular flexibility index (Phi) is 5.02. The first-order valence-corrected chi connectivity index (χ1v) is 7.98. The minimum Gasteiger partial charge on any atom is -0.369 e. The number of alkyl halides is 6. The van der Waals surface area contributed by atoms with Crippen LogP contribution in [0.2, 0.25) is 0 Å². The van der Waals surface area contributed by atoms with Gasteiger partial charge in [0.2, 0.25) is 0 Å². The minimum absolute atomic E-state index is 0.0183. The zero-order valence-corrected chi connectivity index (χ0v) is 13.5. The molecule has 2 nitrogen and oxygen atoms in total. The van der Waals surface area contributed by atoms with Crippen LogP contribution in [0.1, 0.15) is 11.1 Å². The van der Waals surface area contributed by atoms with Crippen molar-refractivity contribution in [1.82, 2.24) is 0 Å². The van der Waals surface area contributed by atoms with Crippen LogP contribution in [0.3, 0.4) is 0 Å². The average Bonchev–Trinajstić information content (AvgIpc) is 2.52. The Morgan fingerprint density at radius 2 is 1.32 bits per heavy atom. The molecule has 2 rings (SSSR count). The van der Waals surface area contributed by atoms with Gasteiger partial charge in [-0.3, -0.25) is 0 Å². The van der Waals surface area contributed by atoms with Gasteiger partial charge in [0, 0.05) is 10.5 Å². The van der Waals surface area contributed by atoms with Crippen LogP contribution in [-0.2, 0) is 16.4 Å². The fraction of sp³-hybridized carbons (Fsp3) is 0.250. The molecule has 0 saturated carbocycles. The lowest BCUT2D eigenvalue weighted by Gasteiger charge is -2.33. The molecule has 0 unspecified atom stereocenters. The van der Waals surface area contributed by atoms with Crippen LogP contribution in [0.5, 0.6) is 0 Å². The number of rotatable bonds is 3. The van der Waals surface area contributed by atoms with Crippen molar-refractivity contribution in [3.05, 3.63) is 59.7 Å². The van der Waals surface area contributed by atoms with Crippen molar-refractivity contribution in [1.29, 1.82) is 0 Å². The van der Waals surface area contributed by atoms with Crippen molar-refractivity contribution in [3.8, 4) is 0 Å². The van der Waals surface area contributed by atoms with Crippen LogP contribution < -0.4 is 0 Å². The molecule has 0 saturated heterocycles. The third kappa shape index (κ3) is 3.43. The summed E-state index contributed by atoms with van der Waals surface area (Å²) in [6.07, 6.45) is -12.1. The molecule has 0 aliphatic heterocycles. The van der Waals surface area contributed by atoms with Crippen LogP contribution in [0.25, 0.3) is 0 Å². The Morgan fingerprint density at radius 1 is 0.840 bits per heavy atom. The van der Waals surface area contributed by atoms with Gasteiger partial charge in [-0.05, 0) is 25.1 Å². The van der Waals surface area contributed by atoms with Crippen molar-refractivity contribution in [2.24, 2.45) is 0 Å². The Bertz CT molecular complexity index is 766. The van der Waals surface area contributed by atoms with Crippen LogP contribution in [0, 0.1) is 6.92 Å². The molecule has 0 fully saturated rings. The molecule has 1 N–H and O–H groups in total. The molecule has 0 spiro atoms. The third-order valence-electron chi connectivity index (χ3n) is 3.53. The standard InChI is InChI=1S/C16H12F6O2S/c1-10-6-8-11(9-7-10)25(24)13-5-3-2-4-12(13)14(23,15(17,18)19)16(20,21)22/h2-9,23H,1H3/t25-/m0/s1. The summed E-state index contributed by atoms with van der Waals surface area (Å²) in [4.78, 5) is -0.742. The number of benzene rings is 2. The lowest BCUT2D eigenvalue weighted by molar-refractivity contribution is -0.377. The van der Waals surface area contributed by atoms with Gasteiger partial charge in [0.05, 0.1) is 15.7 Å². The van der Waals surface area contributed by atoms with Crippen LogP contribution >= 0.6 is 0 Å². The third-order valence-corrected chi connectivity index (χ3v) is 4.99. The number of aliphatic hydroxyl groups is 1. The Labute approximate surface area is 141 Å². The van der Waals surface area contributed by atoms with Crippen molar-refractivity contribution in [3.63, 3.8) is 0 Å². The fourth-order valence-corrected chi connectivity index (χ4v) is 3.44. The van der Waals surface area contributed by atoms with E-state index in [1.165, 1.54) is 24.3 Å². The van der Waals surface area contributed by atoms with E-state index in [-0.39, 0.29) is 4.90 Å². The Balaban J connectivity index is 2.68. The van der Waals surface area contributed by atoms with Crippen LogP contribution in [0.15, 0.2) is 58.3 Å². The van der Waals surface area contributed by atoms with Crippen LogP contribution in [-0.4, -0.2) is 21.7 Å². The molecule has 2 aromatic rings. The van der Waals surface area contributed by atoms with E-state index in [9.17, 15) is 35.7 Å². The van der Waals surface area contributed by atoms with Gasteiger partial charge in [-0.15, -0.1) is 0 Å². The summed E-state index contributed by atoms with van der Waals surface area (Å²) in [6.45, 7) is 1.71.